The number of amides is 1. The van der Waals surface area contributed by atoms with E-state index >= 15 is 0 Å². The van der Waals surface area contributed by atoms with Crippen molar-refractivity contribution in [3.05, 3.63) is 81.1 Å². The van der Waals surface area contributed by atoms with Crippen molar-refractivity contribution in [3.8, 4) is 11.5 Å². The molecule has 1 heterocycles. The van der Waals surface area contributed by atoms with Gasteiger partial charge in [0.25, 0.3) is 5.91 Å². The van der Waals surface area contributed by atoms with Crippen LogP contribution in [0.2, 0.25) is 5.02 Å². The van der Waals surface area contributed by atoms with E-state index in [0.717, 1.165) is 22.0 Å². The zero-order chi connectivity index (χ0) is 23.1. The highest BCUT2D eigenvalue weighted by molar-refractivity contribution is 6.30. The van der Waals surface area contributed by atoms with Gasteiger partial charge in [-0.2, -0.15) is 10.2 Å². The average molecular weight is 458 g/mol. The molecule has 1 N–H and O–H groups in total. The molecule has 32 heavy (non-hydrogen) atoms. The highest BCUT2D eigenvalue weighted by Gasteiger charge is 2.12. The minimum atomic E-state index is -0.583. The molecule has 0 spiro atoms. The molecular formula is C21H20ClN5O5. The lowest BCUT2D eigenvalue weighted by Gasteiger charge is -2.12. The van der Waals surface area contributed by atoms with Crippen LogP contribution in [0.4, 0.5) is 5.69 Å². The maximum Gasteiger partial charge on any atom is 0.307 e. The summed E-state index contributed by atoms with van der Waals surface area (Å²) in [6.45, 7) is 1.87. The van der Waals surface area contributed by atoms with Gasteiger partial charge in [-0.05, 0) is 42.8 Å². The van der Waals surface area contributed by atoms with E-state index < -0.39 is 10.8 Å². The van der Waals surface area contributed by atoms with E-state index in [4.69, 9.17) is 21.1 Å². The molecule has 0 bridgehead atoms. The predicted molar refractivity (Wildman–Crippen MR) is 118 cm³/mol. The van der Waals surface area contributed by atoms with Gasteiger partial charge in [0.05, 0.1) is 17.7 Å². The number of nitro groups is 1. The van der Waals surface area contributed by atoms with Crippen LogP contribution in [-0.2, 0) is 17.9 Å². The van der Waals surface area contributed by atoms with Crippen molar-refractivity contribution in [2.45, 2.75) is 20.1 Å². The van der Waals surface area contributed by atoms with Gasteiger partial charge < -0.3 is 9.47 Å². The van der Waals surface area contributed by atoms with E-state index in [9.17, 15) is 14.9 Å². The fourth-order valence-electron chi connectivity index (χ4n) is 2.68. The Balaban J connectivity index is 1.61. The first-order chi connectivity index (χ1) is 15.4. The Morgan fingerprint density at radius 1 is 1.25 bits per heavy atom. The first-order valence-corrected chi connectivity index (χ1v) is 9.79. The summed E-state index contributed by atoms with van der Waals surface area (Å²) in [7, 11) is 1.53. The van der Waals surface area contributed by atoms with Gasteiger partial charge in [0, 0.05) is 10.6 Å². The molecule has 0 saturated carbocycles. The maximum atomic E-state index is 12.0. The molecule has 11 heteroatoms. The van der Waals surface area contributed by atoms with Gasteiger partial charge in [0.1, 0.15) is 25.5 Å². The quantitative estimate of drug-likeness (QED) is 0.298. The van der Waals surface area contributed by atoms with Gasteiger partial charge >= 0.3 is 5.69 Å². The number of nitrogens with one attached hydrogen (secondary N) is 1. The summed E-state index contributed by atoms with van der Waals surface area (Å²) in [6.07, 6.45) is 2.24. The normalized spacial score (nSPS) is 11.2. The van der Waals surface area contributed by atoms with Crippen LogP contribution in [-0.4, -0.2) is 33.4 Å². The third-order valence-corrected chi connectivity index (χ3v) is 4.63. The second-order valence-electron chi connectivity index (χ2n) is 6.67. The van der Waals surface area contributed by atoms with E-state index in [2.05, 4.69) is 15.6 Å². The molecule has 0 aliphatic rings. The molecule has 0 fully saturated rings. The summed E-state index contributed by atoms with van der Waals surface area (Å²) in [5.41, 5.74) is 4.43. The van der Waals surface area contributed by atoms with Gasteiger partial charge in [-0.15, -0.1) is 0 Å². The molecule has 0 radical (unpaired) electrons. The van der Waals surface area contributed by atoms with Crippen molar-refractivity contribution >= 4 is 28.9 Å². The van der Waals surface area contributed by atoms with E-state index in [1.807, 2.05) is 12.1 Å². The lowest BCUT2D eigenvalue weighted by molar-refractivity contribution is -0.385. The highest BCUT2D eigenvalue weighted by atomic mass is 35.5. The van der Waals surface area contributed by atoms with Crippen LogP contribution in [0.1, 0.15) is 18.1 Å². The van der Waals surface area contributed by atoms with E-state index in [1.54, 1.807) is 37.3 Å². The summed E-state index contributed by atoms with van der Waals surface area (Å²) < 4.78 is 12.4. The zero-order valence-electron chi connectivity index (χ0n) is 17.3. The number of halogens is 1. The number of carbonyl (C=O) groups is 1. The third kappa shape index (κ3) is 6.05. The Kier molecular flexibility index (Phi) is 7.40. The van der Waals surface area contributed by atoms with E-state index in [-0.39, 0.29) is 12.2 Å². The Bertz CT molecular complexity index is 1140. The second-order valence-corrected chi connectivity index (χ2v) is 7.10. The number of hydrogen-bond acceptors (Lipinski definition) is 7. The largest absolute Gasteiger partial charge is 0.493 e. The fraction of sp³-hybridized carbons (Fsp3) is 0.190. The number of rotatable bonds is 9. The number of methoxy groups -OCH3 is 1. The molecule has 166 valence electrons. The van der Waals surface area contributed by atoms with Gasteiger partial charge in [-0.1, -0.05) is 23.7 Å². The van der Waals surface area contributed by atoms with Gasteiger partial charge in [-0.25, -0.2) is 5.43 Å². The monoisotopic (exact) mass is 457 g/mol. The third-order valence-electron chi connectivity index (χ3n) is 4.37. The molecule has 0 aliphatic heterocycles. The van der Waals surface area contributed by atoms with Crippen molar-refractivity contribution in [3.63, 3.8) is 0 Å². The Hall–Kier alpha value is -3.92. The molecule has 1 aromatic heterocycles. The number of benzene rings is 2. The van der Waals surface area contributed by atoms with Crippen LogP contribution in [0.3, 0.4) is 0 Å². The minimum absolute atomic E-state index is 0.192. The number of aromatic nitrogens is 2. The van der Waals surface area contributed by atoms with Gasteiger partial charge in [0.2, 0.25) is 0 Å². The molecule has 10 nitrogen and oxygen atoms in total. The number of hydrazone groups is 1. The standard InChI is InChI=1S/C21H20ClN5O5/c1-14(24-25-21(28)12-26-11-18(10-23-26)27(29)30)16-5-8-19(20(9-16)31-2)32-13-15-3-6-17(22)7-4-15/h3-11H,12-13H2,1-2H3,(H,25,28)/b24-14+. The lowest BCUT2D eigenvalue weighted by Crippen LogP contribution is -2.24. The fourth-order valence-corrected chi connectivity index (χ4v) is 2.81. The van der Waals surface area contributed by atoms with Crippen molar-refractivity contribution in [2.24, 2.45) is 5.10 Å². The van der Waals surface area contributed by atoms with Crippen LogP contribution in [0.15, 0.2) is 60.0 Å². The van der Waals surface area contributed by atoms with Crippen LogP contribution < -0.4 is 14.9 Å². The average Bonchev–Trinajstić information content (AvgIpc) is 3.25. The van der Waals surface area contributed by atoms with Crippen molar-refractivity contribution in [1.82, 2.24) is 15.2 Å². The highest BCUT2D eigenvalue weighted by Crippen LogP contribution is 2.29. The number of nitrogens with zero attached hydrogens (tertiary/aromatic N) is 4. The van der Waals surface area contributed by atoms with E-state index in [1.165, 1.54) is 13.3 Å². The summed E-state index contributed by atoms with van der Waals surface area (Å²) in [4.78, 5) is 22.1. The van der Waals surface area contributed by atoms with Crippen molar-refractivity contribution < 1.29 is 19.2 Å². The van der Waals surface area contributed by atoms with Gasteiger partial charge in [-0.3, -0.25) is 19.6 Å². The predicted octanol–water partition coefficient (Wildman–Crippen LogP) is 3.57. The molecule has 3 aromatic rings. The first kappa shape index (κ1) is 22.8. The van der Waals surface area contributed by atoms with Crippen LogP contribution >= 0.6 is 11.6 Å². The Morgan fingerprint density at radius 2 is 2.00 bits per heavy atom. The summed E-state index contributed by atoms with van der Waals surface area (Å²) in [6, 6.07) is 12.6. The molecule has 3 rings (SSSR count). The van der Waals surface area contributed by atoms with Crippen LogP contribution in [0.5, 0.6) is 11.5 Å². The molecule has 0 aliphatic carbocycles. The molecule has 0 unspecified atom stereocenters. The Morgan fingerprint density at radius 3 is 2.66 bits per heavy atom. The summed E-state index contributed by atoms with van der Waals surface area (Å²) in [5.74, 6) is 0.599. The van der Waals surface area contributed by atoms with Crippen LogP contribution in [0.25, 0.3) is 0 Å². The first-order valence-electron chi connectivity index (χ1n) is 9.41. The summed E-state index contributed by atoms with van der Waals surface area (Å²) in [5, 5.41) is 19.2. The summed E-state index contributed by atoms with van der Waals surface area (Å²) >= 11 is 5.89. The van der Waals surface area contributed by atoms with Crippen molar-refractivity contribution in [1.29, 1.82) is 0 Å². The Labute approximate surface area is 188 Å². The smallest absolute Gasteiger partial charge is 0.307 e. The maximum absolute atomic E-state index is 12.0. The zero-order valence-corrected chi connectivity index (χ0v) is 18.1. The molecule has 1 amide bonds. The minimum Gasteiger partial charge on any atom is -0.493 e. The van der Waals surface area contributed by atoms with Crippen LogP contribution in [0, 0.1) is 10.1 Å². The second kappa shape index (κ2) is 10.4. The van der Waals surface area contributed by atoms with E-state index in [0.29, 0.717) is 28.8 Å². The number of ether oxygens (including phenoxy) is 2. The molecule has 0 atom stereocenters. The SMILES string of the molecule is COc1cc(/C(C)=N/NC(=O)Cn2cc([N+](=O)[O-])cn2)ccc1OCc1ccc(Cl)cc1. The lowest BCUT2D eigenvalue weighted by atomic mass is 10.1. The topological polar surface area (TPSA) is 121 Å². The molecular weight excluding hydrogens is 438 g/mol. The number of carbonyl (C=O) groups excluding carboxylic acids is 1. The van der Waals surface area contributed by atoms with Gasteiger partial charge in [0.15, 0.2) is 11.5 Å². The molecule has 2 aromatic carbocycles. The number of hydrogen-bond donors (Lipinski definition) is 1. The molecule has 0 saturated heterocycles. The van der Waals surface area contributed by atoms with Crippen molar-refractivity contribution in [2.75, 3.05) is 7.11 Å².